The van der Waals surface area contributed by atoms with Gasteiger partial charge in [0.15, 0.2) is 11.6 Å². The van der Waals surface area contributed by atoms with Crippen molar-refractivity contribution in [3.8, 4) is 5.75 Å². The molecule has 18 heavy (non-hydrogen) atoms. The van der Waals surface area contributed by atoms with Crippen LogP contribution in [0.4, 0.5) is 4.39 Å². The number of hydrogen-bond acceptors (Lipinski definition) is 3. The topological polar surface area (TPSA) is 30.5 Å². The van der Waals surface area contributed by atoms with Crippen LogP contribution in [0.5, 0.6) is 5.75 Å². The van der Waals surface area contributed by atoms with Crippen LogP contribution >= 0.6 is 11.6 Å². The van der Waals surface area contributed by atoms with Gasteiger partial charge in [0.05, 0.1) is 17.2 Å². The van der Waals surface area contributed by atoms with Crippen LogP contribution in [0.25, 0.3) is 0 Å². The first kappa shape index (κ1) is 13.6. The van der Waals surface area contributed by atoms with Crippen molar-refractivity contribution in [1.82, 2.24) is 5.32 Å². The van der Waals surface area contributed by atoms with E-state index in [4.69, 9.17) is 21.1 Å². The molecule has 100 valence electrons. The highest BCUT2D eigenvalue weighted by molar-refractivity contribution is 6.30. The summed E-state index contributed by atoms with van der Waals surface area (Å²) in [5, 5.41) is 3.15. The lowest BCUT2D eigenvalue weighted by Crippen LogP contribution is -2.26. The van der Waals surface area contributed by atoms with Crippen molar-refractivity contribution in [2.24, 2.45) is 0 Å². The molecule has 0 aliphatic carbocycles. The quantitative estimate of drug-likeness (QED) is 0.895. The Hall–Kier alpha value is -0.840. The average Bonchev–Trinajstić information content (AvgIpc) is 2.79. The number of rotatable bonds is 5. The Morgan fingerprint density at radius 2 is 2.22 bits per heavy atom. The van der Waals surface area contributed by atoms with Gasteiger partial charge >= 0.3 is 0 Å². The standard InChI is InChI=1S/C13H17ClFNO2/c1-16-7-9-5-6-10(18-9)8-17-12-4-2-3-11(14)13(12)15/h2-4,9-10,16H,5-8H2,1H3. The normalized spacial score (nSPS) is 23.3. The SMILES string of the molecule is CNCC1CCC(COc2cccc(Cl)c2F)O1. The summed E-state index contributed by atoms with van der Waals surface area (Å²) in [7, 11) is 1.90. The Bertz CT molecular complexity index is 403. The van der Waals surface area contributed by atoms with E-state index in [1.165, 1.54) is 6.07 Å². The largest absolute Gasteiger partial charge is 0.488 e. The molecule has 1 aliphatic heterocycles. The number of nitrogens with one attached hydrogen (secondary N) is 1. The lowest BCUT2D eigenvalue weighted by atomic mass is 10.2. The summed E-state index contributed by atoms with van der Waals surface area (Å²) in [6, 6.07) is 4.74. The number of ether oxygens (including phenoxy) is 2. The lowest BCUT2D eigenvalue weighted by Gasteiger charge is -2.14. The van der Waals surface area contributed by atoms with E-state index in [0.717, 1.165) is 19.4 Å². The van der Waals surface area contributed by atoms with Crippen LogP contribution in [0.1, 0.15) is 12.8 Å². The summed E-state index contributed by atoms with van der Waals surface area (Å²) in [5.74, 6) is -0.327. The molecule has 0 bridgehead atoms. The minimum absolute atomic E-state index is 0.0294. The van der Waals surface area contributed by atoms with Crippen molar-refractivity contribution in [1.29, 1.82) is 0 Å². The van der Waals surface area contributed by atoms with Gasteiger partial charge in [-0.3, -0.25) is 0 Å². The summed E-state index contributed by atoms with van der Waals surface area (Å²) in [5.41, 5.74) is 0. The van der Waals surface area contributed by atoms with Gasteiger partial charge < -0.3 is 14.8 Å². The molecular weight excluding hydrogens is 257 g/mol. The van der Waals surface area contributed by atoms with Crippen molar-refractivity contribution >= 4 is 11.6 Å². The molecule has 0 amide bonds. The van der Waals surface area contributed by atoms with E-state index in [1.807, 2.05) is 7.05 Å². The first-order valence-corrected chi connectivity index (χ1v) is 6.45. The van der Waals surface area contributed by atoms with Gasteiger partial charge in [-0.15, -0.1) is 0 Å². The summed E-state index contributed by atoms with van der Waals surface area (Å²) in [6.45, 7) is 1.19. The Kier molecular flexibility index (Phi) is 4.80. The van der Waals surface area contributed by atoms with E-state index in [0.29, 0.717) is 6.61 Å². The molecular formula is C13H17ClFNO2. The number of benzene rings is 1. The summed E-state index contributed by atoms with van der Waals surface area (Å²) >= 11 is 5.68. The highest BCUT2D eigenvalue weighted by Gasteiger charge is 2.25. The van der Waals surface area contributed by atoms with E-state index in [9.17, 15) is 4.39 Å². The highest BCUT2D eigenvalue weighted by Crippen LogP contribution is 2.26. The average molecular weight is 274 g/mol. The minimum Gasteiger partial charge on any atom is -0.488 e. The van der Waals surface area contributed by atoms with Crippen LogP contribution in [0, 0.1) is 5.82 Å². The second kappa shape index (κ2) is 6.36. The predicted octanol–water partition coefficient (Wildman–Crippen LogP) is 2.62. The smallest absolute Gasteiger partial charge is 0.183 e. The van der Waals surface area contributed by atoms with Gasteiger partial charge in [0.25, 0.3) is 0 Å². The van der Waals surface area contributed by atoms with E-state index < -0.39 is 5.82 Å². The second-order valence-electron chi connectivity index (χ2n) is 4.38. The van der Waals surface area contributed by atoms with Crippen molar-refractivity contribution in [2.45, 2.75) is 25.0 Å². The maximum absolute atomic E-state index is 13.6. The lowest BCUT2D eigenvalue weighted by molar-refractivity contribution is 0.0186. The van der Waals surface area contributed by atoms with Crippen molar-refractivity contribution in [2.75, 3.05) is 20.2 Å². The Morgan fingerprint density at radius 3 is 3.00 bits per heavy atom. The Morgan fingerprint density at radius 1 is 1.44 bits per heavy atom. The van der Waals surface area contributed by atoms with Gasteiger partial charge in [-0.1, -0.05) is 17.7 Å². The third-order valence-electron chi connectivity index (χ3n) is 2.97. The van der Waals surface area contributed by atoms with Crippen LogP contribution in [0.15, 0.2) is 18.2 Å². The van der Waals surface area contributed by atoms with Gasteiger partial charge in [0.1, 0.15) is 6.61 Å². The fourth-order valence-corrected chi connectivity index (χ4v) is 2.22. The first-order chi connectivity index (χ1) is 8.70. The molecule has 1 saturated heterocycles. The van der Waals surface area contributed by atoms with Crippen LogP contribution in [0.3, 0.4) is 0 Å². The van der Waals surface area contributed by atoms with Crippen molar-refractivity contribution in [3.05, 3.63) is 29.0 Å². The van der Waals surface area contributed by atoms with E-state index in [2.05, 4.69) is 5.32 Å². The fraction of sp³-hybridized carbons (Fsp3) is 0.538. The third-order valence-corrected chi connectivity index (χ3v) is 3.26. The van der Waals surface area contributed by atoms with Crippen LogP contribution in [-0.4, -0.2) is 32.4 Å². The molecule has 1 aromatic carbocycles. The number of halogens is 2. The molecule has 2 rings (SSSR count). The van der Waals surface area contributed by atoms with E-state index in [-0.39, 0.29) is 23.0 Å². The number of likely N-dealkylation sites (N-methyl/N-ethyl adjacent to an activating group) is 1. The molecule has 1 fully saturated rings. The number of hydrogen-bond donors (Lipinski definition) is 1. The van der Waals surface area contributed by atoms with E-state index >= 15 is 0 Å². The van der Waals surface area contributed by atoms with Gasteiger partial charge in [-0.05, 0) is 32.0 Å². The molecule has 1 heterocycles. The molecule has 1 aliphatic rings. The van der Waals surface area contributed by atoms with Gasteiger partial charge in [0.2, 0.25) is 0 Å². The zero-order valence-electron chi connectivity index (χ0n) is 10.3. The monoisotopic (exact) mass is 273 g/mol. The van der Waals surface area contributed by atoms with Gasteiger partial charge in [-0.2, -0.15) is 0 Å². The maximum Gasteiger partial charge on any atom is 0.183 e. The van der Waals surface area contributed by atoms with Crippen LogP contribution in [-0.2, 0) is 4.74 Å². The molecule has 3 nitrogen and oxygen atoms in total. The van der Waals surface area contributed by atoms with Gasteiger partial charge in [0, 0.05) is 6.54 Å². The molecule has 1 N–H and O–H groups in total. The minimum atomic E-state index is -0.510. The van der Waals surface area contributed by atoms with Crippen LogP contribution in [0.2, 0.25) is 5.02 Å². The molecule has 2 unspecified atom stereocenters. The summed E-state index contributed by atoms with van der Waals surface area (Å²) in [4.78, 5) is 0. The van der Waals surface area contributed by atoms with Crippen molar-refractivity contribution in [3.63, 3.8) is 0 Å². The zero-order valence-corrected chi connectivity index (χ0v) is 11.0. The van der Waals surface area contributed by atoms with Crippen LogP contribution < -0.4 is 10.1 Å². The first-order valence-electron chi connectivity index (χ1n) is 6.07. The molecule has 0 saturated carbocycles. The summed E-state index contributed by atoms with van der Waals surface area (Å²) < 4.78 is 24.7. The molecule has 0 spiro atoms. The molecule has 0 radical (unpaired) electrons. The molecule has 1 aromatic rings. The Balaban J connectivity index is 1.83. The van der Waals surface area contributed by atoms with Crippen molar-refractivity contribution < 1.29 is 13.9 Å². The van der Waals surface area contributed by atoms with Gasteiger partial charge in [-0.25, -0.2) is 4.39 Å². The zero-order chi connectivity index (χ0) is 13.0. The third kappa shape index (κ3) is 3.34. The summed E-state index contributed by atoms with van der Waals surface area (Å²) in [6.07, 6.45) is 2.20. The molecule has 0 aromatic heterocycles. The second-order valence-corrected chi connectivity index (χ2v) is 4.79. The molecule has 2 atom stereocenters. The maximum atomic E-state index is 13.6. The predicted molar refractivity (Wildman–Crippen MR) is 68.7 cm³/mol. The fourth-order valence-electron chi connectivity index (χ4n) is 2.06. The Labute approximate surface area is 111 Å². The highest BCUT2D eigenvalue weighted by atomic mass is 35.5. The molecule has 5 heteroatoms. The van der Waals surface area contributed by atoms with E-state index in [1.54, 1.807) is 12.1 Å².